The van der Waals surface area contributed by atoms with E-state index < -0.39 is 6.09 Å². The summed E-state index contributed by atoms with van der Waals surface area (Å²) in [4.78, 5) is 11.9. The molecule has 0 bridgehead atoms. The minimum Gasteiger partial charge on any atom is -0.443 e. The van der Waals surface area contributed by atoms with Gasteiger partial charge in [-0.3, -0.25) is 0 Å². The summed E-state index contributed by atoms with van der Waals surface area (Å²) in [6.45, 7) is 4.28. The molecule has 0 aliphatic heterocycles. The van der Waals surface area contributed by atoms with Crippen LogP contribution >= 0.6 is 0 Å². The molecule has 0 atom stereocenters. The quantitative estimate of drug-likeness (QED) is 0.832. The number of hydrogen-bond donors (Lipinski definition) is 0. The second-order valence-corrected chi connectivity index (χ2v) is 4.36. The first kappa shape index (κ1) is 12.4. The van der Waals surface area contributed by atoms with Crippen LogP contribution < -0.4 is 0 Å². The number of benzene rings is 1. The molecular formula is C14H16N2O2. The van der Waals surface area contributed by atoms with Crippen LogP contribution in [-0.2, 0) is 11.3 Å². The zero-order valence-corrected chi connectivity index (χ0v) is 10.5. The monoisotopic (exact) mass is 244 g/mol. The van der Waals surface area contributed by atoms with E-state index in [-0.39, 0.29) is 12.5 Å². The van der Waals surface area contributed by atoms with Gasteiger partial charge in [-0.25, -0.2) is 4.79 Å². The maximum atomic E-state index is 11.9. The average molecular weight is 244 g/mol. The highest BCUT2D eigenvalue weighted by Gasteiger charge is 2.14. The first-order chi connectivity index (χ1) is 8.68. The summed E-state index contributed by atoms with van der Waals surface area (Å²) in [5.41, 5.74) is 1.82. The summed E-state index contributed by atoms with van der Waals surface area (Å²) in [6, 6.07) is 11.4. The summed E-state index contributed by atoms with van der Waals surface area (Å²) >= 11 is 0. The van der Waals surface area contributed by atoms with Gasteiger partial charge in [0.25, 0.3) is 0 Å². The first-order valence-electron chi connectivity index (χ1n) is 5.93. The molecule has 0 spiro atoms. The molecule has 0 N–H and O–H groups in total. The van der Waals surface area contributed by atoms with Crippen molar-refractivity contribution in [2.24, 2.45) is 0 Å². The van der Waals surface area contributed by atoms with Gasteiger partial charge in [-0.2, -0.15) is 9.78 Å². The Kier molecular flexibility index (Phi) is 3.77. The molecule has 0 unspecified atom stereocenters. The Labute approximate surface area is 106 Å². The molecule has 1 heterocycles. The van der Waals surface area contributed by atoms with Gasteiger partial charge in [0, 0.05) is 6.20 Å². The lowest BCUT2D eigenvalue weighted by Crippen LogP contribution is -2.18. The van der Waals surface area contributed by atoms with E-state index in [1.807, 2.05) is 50.2 Å². The van der Waals surface area contributed by atoms with Gasteiger partial charge in [0.2, 0.25) is 0 Å². The zero-order chi connectivity index (χ0) is 13.0. The predicted molar refractivity (Wildman–Crippen MR) is 68.3 cm³/mol. The van der Waals surface area contributed by atoms with Gasteiger partial charge in [0.15, 0.2) is 0 Å². The Balaban J connectivity index is 2.02. The first-order valence-corrected chi connectivity index (χ1v) is 5.93. The van der Waals surface area contributed by atoms with Gasteiger partial charge in [0.1, 0.15) is 6.61 Å². The lowest BCUT2D eigenvalue weighted by Gasteiger charge is -2.09. The third-order valence-electron chi connectivity index (χ3n) is 2.64. The summed E-state index contributed by atoms with van der Waals surface area (Å²) in [7, 11) is 0. The summed E-state index contributed by atoms with van der Waals surface area (Å²) in [6.07, 6.45) is 1.17. The summed E-state index contributed by atoms with van der Waals surface area (Å²) in [5, 5.41) is 3.99. The molecule has 4 heteroatoms. The van der Waals surface area contributed by atoms with Crippen LogP contribution in [0.5, 0.6) is 0 Å². The molecule has 18 heavy (non-hydrogen) atoms. The van der Waals surface area contributed by atoms with Crippen LogP contribution in [0, 0.1) is 0 Å². The SMILES string of the molecule is CC(C)c1ccnn1C(=O)OCc1ccccc1. The van der Waals surface area contributed by atoms with Gasteiger partial charge in [-0.15, -0.1) is 0 Å². The number of carbonyl (C=O) groups excluding carboxylic acids is 1. The maximum absolute atomic E-state index is 11.9. The fraction of sp³-hybridized carbons (Fsp3) is 0.286. The molecule has 1 aromatic carbocycles. The molecule has 0 saturated carbocycles. The number of aromatic nitrogens is 2. The molecule has 4 nitrogen and oxygen atoms in total. The van der Waals surface area contributed by atoms with Crippen LogP contribution in [0.25, 0.3) is 0 Å². The number of carbonyl (C=O) groups is 1. The number of nitrogens with zero attached hydrogens (tertiary/aromatic N) is 2. The Morgan fingerprint density at radius 1 is 1.28 bits per heavy atom. The van der Waals surface area contributed by atoms with Crippen molar-refractivity contribution in [3.63, 3.8) is 0 Å². The van der Waals surface area contributed by atoms with Crippen molar-refractivity contribution in [3.8, 4) is 0 Å². The van der Waals surface area contributed by atoms with Gasteiger partial charge in [0.05, 0.1) is 5.69 Å². The molecule has 0 saturated heterocycles. The third kappa shape index (κ3) is 2.77. The molecule has 0 aliphatic carbocycles. The predicted octanol–water partition coefficient (Wildman–Crippen LogP) is 3.19. The topological polar surface area (TPSA) is 44.1 Å². The lowest BCUT2D eigenvalue weighted by molar-refractivity contribution is 0.136. The van der Waals surface area contributed by atoms with Crippen LogP contribution in [0.3, 0.4) is 0 Å². The van der Waals surface area contributed by atoms with Gasteiger partial charge < -0.3 is 4.74 Å². The molecule has 2 aromatic rings. The van der Waals surface area contributed by atoms with Crippen molar-refractivity contribution in [3.05, 3.63) is 53.9 Å². The second-order valence-electron chi connectivity index (χ2n) is 4.36. The second kappa shape index (κ2) is 5.49. The smallest absolute Gasteiger partial charge is 0.435 e. The van der Waals surface area contributed by atoms with E-state index in [0.29, 0.717) is 0 Å². The van der Waals surface area contributed by atoms with Crippen LogP contribution in [-0.4, -0.2) is 15.9 Å². The van der Waals surface area contributed by atoms with Gasteiger partial charge >= 0.3 is 6.09 Å². The van der Waals surface area contributed by atoms with Crippen molar-refractivity contribution >= 4 is 6.09 Å². The van der Waals surface area contributed by atoms with Gasteiger partial charge in [-0.05, 0) is 17.5 Å². The van der Waals surface area contributed by atoms with Crippen molar-refractivity contribution in [1.82, 2.24) is 9.78 Å². The Hall–Kier alpha value is -2.10. The largest absolute Gasteiger partial charge is 0.443 e. The van der Waals surface area contributed by atoms with E-state index in [4.69, 9.17) is 4.74 Å². The summed E-state index contributed by atoms with van der Waals surface area (Å²) in [5.74, 6) is 0.233. The van der Waals surface area contributed by atoms with Crippen molar-refractivity contribution in [1.29, 1.82) is 0 Å². The highest BCUT2D eigenvalue weighted by Crippen LogP contribution is 2.13. The van der Waals surface area contributed by atoms with E-state index in [9.17, 15) is 4.79 Å². The van der Waals surface area contributed by atoms with Crippen LogP contribution in [0.4, 0.5) is 4.79 Å². The lowest BCUT2D eigenvalue weighted by atomic mass is 10.1. The van der Waals surface area contributed by atoms with E-state index in [1.165, 1.54) is 4.68 Å². The Bertz CT molecular complexity index is 518. The number of hydrogen-bond acceptors (Lipinski definition) is 3. The Morgan fingerprint density at radius 2 is 2.00 bits per heavy atom. The molecule has 0 aliphatic rings. The summed E-state index contributed by atoms with van der Waals surface area (Å²) < 4.78 is 6.54. The maximum Gasteiger partial charge on any atom is 0.435 e. The highest BCUT2D eigenvalue weighted by atomic mass is 16.6. The molecule has 94 valence electrons. The van der Waals surface area contributed by atoms with E-state index >= 15 is 0 Å². The van der Waals surface area contributed by atoms with Crippen LogP contribution in [0.1, 0.15) is 31.0 Å². The highest BCUT2D eigenvalue weighted by molar-refractivity contribution is 5.70. The molecule has 0 radical (unpaired) electrons. The normalized spacial score (nSPS) is 10.6. The molecule has 2 rings (SSSR count). The van der Waals surface area contributed by atoms with Crippen LogP contribution in [0.15, 0.2) is 42.6 Å². The van der Waals surface area contributed by atoms with E-state index in [1.54, 1.807) is 6.20 Å². The van der Waals surface area contributed by atoms with Crippen molar-refractivity contribution < 1.29 is 9.53 Å². The van der Waals surface area contributed by atoms with Crippen molar-refractivity contribution in [2.45, 2.75) is 26.4 Å². The number of rotatable bonds is 3. The van der Waals surface area contributed by atoms with Crippen molar-refractivity contribution in [2.75, 3.05) is 0 Å². The minimum absolute atomic E-state index is 0.233. The van der Waals surface area contributed by atoms with E-state index in [0.717, 1.165) is 11.3 Å². The average Bonchev–Trinajstić information content (AvgIpc) is 2.86. The molecule has 0 fully saturated rings. The van der Waals surface area contributed by atoms with E-state index in [2.05, 4.69) is 5.10 Å². The van der Waals surface area contributed by atoms with Gasteiger partial charge in [-0.1, -0.05) is 44.2 Å². The number of ether oxygens (including phenoxy) is 1. The fourth-order valence-corrected chi connectivity index (χ4v) is 1.68. The Morgan fingerprint density at radius 3 is 2.67 bits per heavy atom. The third-order valence-corrected chi connectivity index (χ3v) is 2.64. The standard InChI is InChI=1S/C14H16N2O2/c1-11(2)13-8-9-15-16(13)14(17)18-10-12-6-4-3-5-7-12/h3-9,11H,10H2,1-2H3. The molecule has 0 amide bonds. The molecular weight excluding hydrogens is 228 g/mol. The fourth-order valence-electron chi connectivity index (χ4n) is 1.68. The molecule has 1 aromatic heterocycles. The van der Waals surface area contributed by atoms with Crippen LogP contribution in [0.2, 0.25) is 0 Å². The minimum atomic E-state index is -0.437. The zero-order valence-electron chi connectivity index (χ0n) is 10.5.